The first-order chi connectivity index (χ1) is 11.1. The van der Waals surface area contributed by atoms with E-state index in [1.54, 1.807) is 6.07 Å². The van der Waals surface area contributed by atoms with Crippen LogP contribution in [0.1, 0.15) is 22.5 Å². The van der Waals surface area contributed by atoms with E-state index >= 15 is 0 Å². The van der Waals surface area contributed by atoms with E-state index in [1.807, 2.05) is 37.4 Å². The molecule has 3 rings (SSSR count). The Kier molecular flexibility index (Phi) is 5.13. The van der Waals surface area contributed by atoms with E-state index in [-0.39, 0.29) is 0 Å². The zero-order valence-electron chi connectivity index (χ0n) is 12.7. The van der Waals surface area contributed by atoms with Crippen LogP contribution in [-0.4, -0.2) is 21.2 Å². The molecule has 0 saturated carbocycles. The first-order valence-electron chi connectivity index (χ1n) is 7.38. The minimum absolute atomic E-state index is 0.468. The molecular weight excluding hydrogens is 330 g/mol. The number of halogens is 1. The number of aliphatic hydroxyl groups is 1. The molecule has 23 heavy (non-hydrogen) atoms. The molecule has 2 aromatic heterocycles. The van der Waals surface area contributed by atoms with Crippen LogP contribution in [0.25, 0.3) is 5.69 Å². The number of nitrogens with zero attached hydrogens (tertiary/aromatic N) is 2. The van der Waals surface area contributed by atoms with Crippen molar-refractivity contribution in [3.8, 4) is 5.69 Å². The van der Waals surface area contributed by atoms with Crippen LogP contribution in [0.5, 0.6) is 0 Å². The number of aryl methyl sites for hydroxylation is 1. The number of hydrogen-bond acceptors (Lipinski definition) is 4. The third-order valence-electron chi connectivity index (χ3n) is 3.59. The van der Waals surface area contributed by atoms with E-state index in [9.17, 15) is 5.11 Å². The van der Waals surface area contributed by atoms with Gasteiger partial charge in [-0.15, -0.1) is 11.3 Å². The van der Waals surface area contributed by atoms with E-state index in [0.29, 0.717) is 17.4 Å². The smallest absolute Gasteiger partial charge is 0.110 e. The second-order valence-corrected chi connectivity index (χ2v) is 7.00. The quantitative estimate of drug-likeness (QED) is 0.714. The summed E-state index contributed by atoms with van der Waals surface area (Å²) in [6, 6.07) is 13.8. The van der Waals surface area contributed by atoms with Gasteiger partial charge < -0.3 is 10.4 Å². The highest BCUT2D eigenvalue weighted by molar-refractivity contribution is 7.16. The van der Waals surface area contributed by atoms with Gasteiger partial charge in [-0.2, -0.15) is 0 Å². The highest BCUT2D eigenvalue weighted by Crippen LogP contribution is 2.26. The van der Waals surface area contributed by atoms with Gasteiger partial charge in [-0.05, 0) is 31.2 Å². The van der Waals surface area contributed by atoms with Crippen LogP contribution >= 0.6 is 22.9 Å². The van der Waals surface area contributed by atoms with Gasteiger partial charge in [-0.3, -0.25) is 4.57 Å². The van der Waals surface area contributed by atoms with Crippen LogP contribution in [-0.2, 0) is 6.54 Å². The third kappa shape index (κ3) is 3.82. The number of benzene rings is 1. The van der Waals surface area contributed by atoms with Gasteiger partial charge >= 0.3 is 0 Å². The maximum atomic E-state index is 10.2. The maximum absolute atomic E-state index is 10.2. The molecule has 0 bridgehead atoms. The summed E-state index contributed by atoms with van der Waals surface area (Å²) in [6.45, 7) is 3.08. The Bertz CT molecular complexity index is 769. The van der Waals surface area contributed by atoms with Crippen molar-refractivity contribution in [2.75, 3.05) is 6.54 Å². The number of hydrogen-bond donors (Lipinski definition) is 2. The predicted molar refractivity (Wildman–Crippen MR) is 94.3 cm³/mol. The molecule has 2 N–H and O–H groups in total. The summed E-state index contributed by atoms with van der Waals surface area (Å²) >= 11 is 7.31. The van der Waals surface area contributed by atoms with Gasteiger partial charge in [0.15, 0.2) is 0 Å². The maximum Gasteiger partial charge on any atom is 0.110 e. The first kappa shape index (κ1) is 16.2. The second-order valence-electron chi connectivity index (χ2n) is 5.26. The van der Waals surface area contributed by atoms with Gasteiger partial charge in [0, 0.05) is 23.7 Å². The van der Waals surface area contributed by atoms with Crippen molar-refractivity contribution < 1.29 is 5.11 Å². The summed E-state index contributed by atoms with van der Waals surface area (Å²) in [5.74, 6) is 0.943. The number of para-hydroxylation sites is 1. The number of aliphatic hydroxyl groups excluding tert-OH is 1. The molecule has 0 aliphatic heterocycles. The lowest BCUT2D eigenvalue weighted by Gasteiger charge is -2.13. The number of thiophene rings is 1. The highest BCUT2D eigenvalue weighted by atomic mass is 35.5. The Morgan fingerprint density at radius 2 is 2.04 bits per heavy atom. The SMILES string of the molecule is Cc1ncc(CNCC(O)c2ccc(Cl)s2)n1-c1ccccc1. The minimum atomic E-state index is -0.554. The zero-order valence-corrected chi connectivity index (χ0v) is 14.3. The topological polar surface area (TPSA) is 50.1 Å². The Labute approximate surface area is 144 Å². The molecule has 2 heterocycles. The van der Waals surface area contributed by atoms with Gasteiger partial charge in [0.2, 0.25) is 0 Å². The molecule has 4 nitrogen and oxygen atoms in total. The van der Waals surface area contributed by atoms with Crippen molar-refractivity contribution in [2.45, 2.75) is 19.6 Å². The molecule has 0 spiro atoms. The average Bonchev–Trinajstić information content (AvgIpc) is 3.14. The van der Waals surface area contributed by atoms with E-state index in [4.69, 9.17) is 11.6 Å². The second kappa shape index (κ2) is 7.27. The molecule has 120 valence electrons. The molecular formula is C17H18ClN3OS. The van der Waals surface area contributed by atoms with Crippen molar-refractivity contribution in [3.05, 3.63) is 69.4 Å². The van der Waals surface area contributed by atoms with Crippen LogP contribution in [0.4, 0.5) is 0 Å². The number of imidazole rings is 1. The minimum Gasteiger partial charge on any atom is -0.386 e. The summed E-state index contributed by atoms with van der Waals surface area (Å²) < 4.78 is 2.80. The van der Waals surface area contributed by atoms with Gasteiger partial charge in [-0.25, -0.2) is 4.98 Å². The summed E-state index contributed by atoms with van der Waals surface area (Å²) in [4.78, 5) is 5.27. The monoisotopic (exact) mass is 347 g/mol. The Balaban J connectivity index is 1.65. The molecule has 1 atom stereocenters. The summed E-state index contributed by atoms with van der Waals surface area (Å²) in [5, 5.41) is 13.5. The molecule has 0 saturated heterocycles. The van der Waals surface area contributed by atoms with Crippen LogP contribution in [0.2, 0.25) is 4.34 Å². The third-order valence-corrected chi connectivity index (χ3v) is 4.92. The van der Waals surface area contributed by atoms with E-state index in [1.165, 1.54) is 11.3 Å². The van der Waals surface area contributed by atoms with Gasteiger partial charge in [-0.1, -0.05) is 29.8 Å². The Hall–Kier alpha value is -1.66. The lowest BCUT2D eigenvalue weighted by molar-refractivity contribution is 0.178. The molecule has 3 aromatic rings. The Morgan fingerprint density at radius 3 is 2.74 bits per heavy atom. The predicted octanol–water partition coefficient (Wildman–Crippen LogP) is 3.72. The molecule has 1 unspecified atom stereocenters. The van der Waals surface area contributed by atoms with Crippen LogP contribution in [0.3, 0.4) is 0 Å². The molecule has 0 aliphatic carbocycles. The van der Waals surface area contributed by atoms with Crippen molar-refractivity contribution in [3.63, 3.8) is 0 Å². The molecule has 1 aromatic carbocycles. The van der Waals surface area contributed by atoms with Crippen LogP contribution in [0, 0.1) is 6.92 Å². The fourth-order valence-corrected chi connectivity index (χ4v) is 3.54. The average molecular weight is 348 g/mol. The lowest BCUT2D eigenvalue weighted by Crippen LogP contribution is -2.22. The zero-order chi connectivity index (χ0) is 16.2. The van der Waals surface area contributed by atoms with Crippen LogP contribution < -0.4 is 5.32 Å². The molecule has 6 heteroatoms. The fraction of sp³-hybridized carbons (Fsp3) is 0.235. The van der Waals surface area contributed by atoms with Gasteiger partial charge in [0.05, 0.1) is 16.2 Å². The van der Waals surface area contributed by atoms with Crippen molar-refractivity contribution >= 4 is 22.9 Å². The summed E-state index contributed by atoms with van der Waals surface area (Å²) in [7, 11) is 0. The van der Waals surface area contributed by atoms with Gasteiger partial charge in [0.25, 0.3) is 0 Å². The van der Waals surface area contributed by atoms with Gasteiger partial charge in [0.1, 0.15) is 11.9 Å². The summed E-state index contributed by atoms with van der Waals surface area (Å²) in [6.07, 6.45) is 1.31. The number of aromatic nitrogens is 2. The van der Waals surface area contributed by atoms with Crippen LogP contribution in [0.15, 0.2) is 48.7 Å². The van der Waals surface area contributed by atoms with E-state index in [0.717, 1.165) is 22.1 Å². The summed E-state index contributed by atoms with van der Waals surface area (Å²) in [5.41, 5.74) is 2.15. The van der Waals surface area contributed by atoms with Crippen molar-refractivity contribution in [2.24, 2.45) is 0 Å². The Morgan fingerprint density at radius 1 is 1.26 bits per heavy atom. The largest absolute Gasteiger partial charge is 0.386 e. The van der Waals surface area contributed by atoms with E-state index < -0.39 is 6.10 Å². The van der Waals surface area contributed by atoms with Crippen molar-refractivity contribution in [1.82, 2.24) is 14.9 Å². The highest BCUT2D eigenvalue weighted by Gasteiger charge is 2.12. The first-order valence-corrected chi connectivity index (χ1v) is 8.57. The molecule has 0 radical (unpaired) electrons. The van der Waals surface area contributed by atoms with E-state index in [2.05, 4.69) is 27.0 Å². The number of nitrogens with one attached hydrogen (secondary N) is 1. The normalized spacial score (nSPS) is 12.5. The fourth-order valence-electron chi connectivity index (χ4n) is 2.49. The molecule has 0 amide bonds. The lowest BCUT2D eigenvalue weighted by atomic mass is 10.3. The molecule has 0 aliphatic rings. The standard InChI is InChI=1S/C17H18ClN3OS/c1-12-20-10-14(21(12)13-5-3-2-4-6-13)9-19-11-15(22)16-7-8-17(18)23-16/h2-8,10,15,19,22H,9,11H2,1H3. The van der Waals surface area contributed by atoms with Crippen molar-refractivity contribution in [1.29, 1.82) is 0 Å². The molecule has 0 fully saturated rings. The number of rotatable bonds is 6.